The summed E-state index contributed by atoms with van der Waals surface area (Å²) in [6.45, 7) is 3.88. The van der Waals surface area contributed by atoms with E-state index in [1.807, 2.05) is 26.0 Å². The molecule has 0 fully saturated rings. The molecule has 110 valence electrons. The Morgan fingerprint density at radius 3 is 2.86 bits per heavy atom. The molecule has 2 rings (SSSR count). The van der Waals surface area contributed by atoms with Gasteiger partial charge in [-0.05, 0) is 37.1 Å². The second kappa shape index (κ2) is 6.83. The van der Waals surface area contributed by atoms with Gasteiger partial charge in [0, 0.05) is 11.1 Å². The van der Waals surface area contributed by atoms with Crippen molar-refractivity contribution in [2.45, 2.75) is 18.7 Å². The van der Waals surface area contributed by atoms with Gasteiger partial charge in [-0.3, -0.25) is 9.78 Å². The number of benzene rings is 1. The maximum atomic E-state index is 12.0. The van der Waals surface area contributed by atoms with Gasteiger partial charge in [0.05, 0.1) is 28.3 Å². The van der Waals surface area contributed by atoms with E-state index in [2.05, 4.69) is 10.3 Å². The van der Waals surface area contributed by atoms with E-state index in [1.54, 1.807) is 18.5 Å². The topological polar surface area (TPSA) is 68.0 Å². The van der Waals surface area contributed by atoms with Gasteiger partial charge in [-0.25, -0.2) is 0 Å². The summed E-state index contributed by atoms with van der Waals surface area (Å²) in [5.74, 6) is 0.141. The van der Waals surface area contributed by atoms with Crippen molar-refractivity contribution in [2.75, 3.05) is 16.8 Å². The maximum absolute atomic E-state index is 12.0. The summed E-state index contributed by atoms with van der Waals surface area (Å²) < 4.78 is 0. The standard InChI is InChI=1S/C15H16ClN3OS/c1-9-5-10(2)15(11(16)6-9)19-14(20)8-21-13-3-4-18-7-12(13)17/h3-7H,8,17H2,1-2H3,(H,19,20). The molecule has 0 spiro atoms. The lowest BCUT2D eigenvalue weighted by Crippen LogP contribution is -2.15. The molecule has 0 aliphatic carbocycles. The Kier molecular flexibility index (Phi) is 5.09. The van der Waals surface area contributed by atoms with E-state index < -0.39 is 0 Å². The van der Waals surface area contributed by atoms with Gasteiger partial charge >= 0.3 is 0 Å². The highest BCUT2D eigenvalue weighted by molar-refractivity contribution is 8.00. The second-order valence-electron chi connectivity index (χ2n) is 4.69. The van der Waals surface area contributed by atoms with Gasteiger partial charge in [-0.1, -0.05) is 17.7 Å². The lowest BCUT2D eigenvalue weighted by atomic mass is 10.1. The zero-order chi connectivity index (χ0) is 15.4. The number of nitrogens with zero attached hydrogens (tertiary/aromatic N) is 1. The van der Waals surface area contributed by atoms with Crippen molar-refractivity contribution in [3.05, 3.63) is 46.7 Å². The average Bonchev–Trinajstić information content (AvgIpc) is 2.42. The zero-order valence-corrected chi connectivity index (χ0v) is 13.4. The number of halogens is 1. The summed E-state index contributed by atoms with van der Waals surface area (Å²) in [5.41, 5.74) is 9.03. The van der Waals surface area contributed by atoms with Gasteiger partial charge < -0.3 is 11.1 Å². The van der Waals surface area contributed by atoms with Crippen LogP contribution < -0.4 is 11.1 Å². The molecule has 1 aromatic heterocycles. The van der Waals surface area contributed by atoms with Crippen molar-refractivity contribution in [3.63, 3.8) is 0 Å². The third-order valence-corrected chi connectivity index (χ3v) is 4.25. The van der Waals surface area contributed by atoms with Crippen LogP contribution >= 0.6 is 23.4 Å². The first kappa shape index (κ1) is 15.7. The summed E-state index contributed by atoms with van der Waals surface area (Å²) >= 11 is 7.54. The van der Waals surface area contributed by atoms with Crippen LogP contribution in [0.2, 0.25) is 5.02 Å². The van der Waals surface area contributed by atoms with Crippen LogP contribution in [0.5, 0.6) is 0 Å². The third-order valence-electron chi connectivity index (χ3n) is 2.87. The molecule has 1 heterocycles. The minimum absolute atomic E-state index is 0.120. The van der Waals surface area contributed by atoms with Crippen LogP contribution in [0.4, 0.5) is 11.4 Å². The average molecular weight is 322 g/mol. The monoisotopic (exact) mass is 321 g/mol. The molecule has 0 aliphatic rings. The number of anilines is 2. The Labute approximate surface area is 133 Å². The van der Waals surface area contributed by atoms with Gasteiger partial charge in [0.25, 0.3) is 0 Å². The number of aromatic nitrogens is 1. The Hall–Kier alpha value is -1.72. The van der Waals surface area contributed by atoms with Crippen molar-refractivity contribution < 1.29 is 4.79 Å². The number of rotatable bonds is 4. The number of thioether (sulfide) groups is 1. The van der Waals surface area contributed by atoms with Crippen LogP contribution in [-0.2, 0) is 4.79 Å². The molecule has 0 radical (unpaired) electrons. The summed E-state index contributed by atoms with van der Waals surface area (Å²) in [6, 6.07) is 5.60. The molecule has 0 unspecified atom stereocenters. The van der Waals surface area contributed by atoms with Gasteiger partial charge in [0.15, 0.2) is 0 Å². The van der Waals surface area contributed by atoms with Crippen molar-refractivity contribution in [1.29, 1.82) is 0 Å². The van der Waals surface area contributed by atoms with Gasteiger partial charge in [-0.15, -0.1) is 11.8 Å². The Bertz CT molecular complexity index is 653. The summed E-state index contributed by atoms with van der Waals surface area (Å²) in [7, 11) is 0. The molecule has 1 aromatic carbocycles. The highest BCUT2D eigenvalue weighted by atomic mass is 35.5. The molecule has 0 aliphatic heterocycles. The molecule has 2 aromatic rings. The maximum Gasteiger partial charge on any atom is 0.234 e. The van der Waals surface area contributed by atoms with Gasteiger partial charge in [0.2, 0.25) is 5.91 Å². The largest absolute Gasteiger partial charge is 0.397 e. The van der Waals surface area contributed by atoms with Crippen LogP contribution in [0.3, 0.4) is 0 Å². The van der Waals surface area contributed by atoms with Crippen LogP contribution in [-0.4, -0.2) is 16.6 Å². The van der Waals surface area contributed by atoms with Crippen LogP contribution in [0.25, 0.3) is 0 Å². The molecule has 3 N–H and O–H groups in total. The van der Waals surface area contributed by atoms with E-state index in [0.29, 0.717) is 16.4 Å². The predicted molar refractivity (Wildman–Crippen MR) is 88.9 cm³/mol. The number of nitrogens with two attached hydrogens (primary N) is 1. The molecule has 4 nitrogen and oxygen atoms in total. The summed E-state index contributed by atoms with van der Waals surface area (Å²) in [6.07, 6.45) is 3.22. The minimum atomic E-state index is -0.120. The fourth-order valence-electron chi connectivity index (χ4n) is 1.92. The van der Waals surface area contributed by atoms with Crippen LogP contribution in [0, 0.1) is 13.8 Å². The molecule has 21 heavy (non-hydrogen) atoms. The first-order valence-electron chi connectivity index (χ1n) is 6.36. The number of aryl methyl sites for hydroxylation is 2. The normalized spacial score (nSPS) is 10.4. The minimum Gasteiger partial charge on any atom is -0.397 e. The molecular weight excluding hydrogens is 306 g/mol. The van der Waals surface area contributed by atoms with Crippen LogP contribution in [0.1, 0.15) is 11.1 Å². The quantitative estimate of drug-likeness (QED) is 0.843. The summed E-state index contributed by atoms with van der Waals surface area (Å²) in [5, 5.41) is 3.40. The molecule has 0 saturated carbocycles. The molecule has 6 heteroatoms. The summed E-state index contributed by atoms with van der Waals surface area (Å²) in [4.78, 5) is 16.8. The highest BCUT2D eigenvalue weighted by Crippen LogP contribution is 2.28. The number of amides is 1. The fourth-order valence-corrected chi connectivity index (χ4v) is 3.02. The number of carbonyl (C=O) groups excluding carboxylic acids is 1. The van der Waals surface area contributed by atoms with Gasteiger partial charge in [-0.2, -0.15) is 0 Å². The Morgan fingerprint density at radius 2 is 2.19 bits per heavy atom. The Morgan fingerprint density at radius 1 is 1.43 bits per heavy atom. The molecule has 1 amide bonds. The smallest absolute Gasteiger partial charge is 0.234 e. The lowest BCUT2D eigenvalue weighted by molar-refractivity contribution is -0.113. The number of nitrogens with one attached hydrogen (secondary N) is 1. The number of hydrogen-bond acceptors (Lipinski definition) is 4. The fraction of sp³-hybridized carbons (Fsp3) is 0.200. The number of nitrogen functional groups attached to an aromatic ring is 1. The SMILES string of the molecule is Cc1cc(C)c(NC(=O)CSc2ccncc2N)c(Cl)c1. The molecule has 0 bridgehead atoms. The third kappa shape index (κ3) is 4.12. The molecule has 0 saturated heterocycles. The molecule has 0 atom stereocenters. The molecular formula is C15H16ClN3OS. The lowest BCUT2D eigenvalue weighted by Gasteiger charge is -2.11. The van der Waals surface area contributed by atoms with Crippen molar-refractivity contribution in [1.82, 2.24) is 4.98 Å². The van der Waals surface area contributed by atoms with E-state index in [9.17, 15) is 4.79 Å². The van der Waals surface area contributed by atoms with E-state index in [-0.39, 0.29) is 11.7 Å². The van der Waals surface area contributed by atoms with E-state index in [0.717, 1.165) is 16.0 Å². The Balaban J connectivity index is 2.01. The van der Waals surface area contributed by atoms with E-state index in [1.165, 1.54) is 11.8 Å². The predicted octanol–water partition coefficient (Wildman–Crippen LogP) is 3.66. The second-order valence-corrected chi connectivity index (χ2v) is 6.11. The highest BCUT2D eigenvalue weighted by Gasteiger charge is 2.10. The van der Waals surface area contributed by atoms with E-state index in [4.69, 9.17) is 17.3 Å². The van der Waals surface area contributed by atoms with Crippen LogP contribution in [0.15, 0.2) is 35.5 Å². The van der Waals surface area contributed by atoms with Gasteiger partial charge in [0.1, 0.15) is 0 Å². The van der Waals surface area contributed by atoms with Crippen molar-refractivity contribution in [3.8, 4) is 0 Å². The number of hydrogen-bond donors (Lipinski definition) is 2. The zero-order valence-electron chi connectivity index (χ0n) is 11.8. The first-order chi connectivity index (χ1) is 9.97. The van der Waals surface area contributed by atoms with Crippen molar-refractivity contribution >= 4 is 40.6 Å². The van der Waals surface area contributed by atoms with Crippen molar-refractivity contribution in [2.24, 2.45) is 0 Å². The number of carbonyl (C=O) groups is 1. The number of pyridine rings is 1. The van der Waals surface area contributed by atoms with E-state index >= 15 is 0 Å². The first-order valence-corrected chi connectivity index (χ1v) is 7.72.